The standard InChI is InChI=1S/C15H30N2/c1-4-7-13-10-15(13)16-12(3)14-8-6-9-17(5-2)11-14/h12-16H,4-11H2,1-3H3. The molecule has 0 radical (unpaired) electrons. The summed E-state index contributed by atoms with van der Waals surface area (Å²) in [5.41, 5.74) is 0. The van der Waals surface area contributed by atoms with Crippen LogP contribution in [0.2, 0.25) is 0 Å². The second-order valence-electron chi connectivity index (χ2n) is 6.14. The first kappa shape index (κ1) is 13.4. The van der Waals surface area contributed by atoms with E-state index in [1.807, 2.05) is 0 Å². The number of rotatable bonds is 6. The average Bonchev–Trinajstić information content (AvgIpc) is 3.08. The summed E-state index contributed by atoms with van der Waals surface area (Å²) in [6, 6.07) is 1.57. The Morgan fingerprint density at radius 1 is 1.35 bits per heavy atom. The van der Waals surface area contributed by atoms with E-state index in [0.717, 1.165) is 23.9 Å². The van der Waals surface area contributed by atoms with Crippen LogP contribution in [0, 0.1) is 11.8 Å². The molecule has 4 unspecified atom stereocenters. The molecule has 1 heterocycles. The summed E-state index contributed by atoms with van der Waals surface area (Å²) in [5, 5.41) is 3.88. The molecule has 2 nitrogen and oxygen atoms in total. The van der Waals surface area contributed by atoms with E-state index < -0.39 is 0 Å². The smallest absolute Gasteiger partial charge is 0.0102 e. The lowest BCUT2D eigenvalue weighted by Gasteiger charge is -2.35. The van der Waals surface area contributed by atoms with E-state index in [1.165, 1.54) is 51.7 Å². The van der Waals surface area contributed by atoms with Crippen molar-refractivity contribution in [3.05, 3.63) is 0 Å². The van der Waals surface area contributed by atoms with Crippen LogP contribution >= 0.6 is 0 Å². The first-order chi connectivity index (χ1) is 8.24. The van der Waals surface area contributed by atoms with Crippen molar-refractivity contribution in [1.82, 2.24) is 10.2 Å². The first-order valence-electron chi connectivity index (χ1n) is 7.73. The van der Waals surface area contributed by atoms with E-state index in [1.54, 1.807) is 0 Å². The zero-order valence-electron chi connectivity index (χ0n) is 11.9. The number of hydrogen-bond acceptors (Lipinski definition) is 2. The Hall–Kier alpha value is -0.0800. The van der Waals surface area contributed by atoms with Crippen LogP contribution in [0.4, 0.5) is 0 Å². The predicted molar refractivity (Wildman–Crippen MR) is 74.2 cm³/mol. The molecule has 0 amide bonds. The van der Waals surface area contributed by atoms with Gasteiger partial charge in [0.1, 0.15) is 0 Å². The second-order valence-corrected chi connectivity index (χ2v) is 6.14. The van der Waals surface area contributed by atoms with Gasteiger partial charge in [-0.1, -0.05) is 20.3 Å². The average molecular weight is 238 g/mol. The minimum absolute atomic E-state index is 0.719. The summed E-state index contributed by atoms with van der Waals surface area (Å²) in [6.07, 6.45) is 7.03. The first-order valence-corrected chi connectivity index (χ1v) is 7.73. The fourth-order valence-electron chi connectivity index (χ4n) is 3.40. The van der Waals surface area contributed by atoms with Crippen molar-refractivity contribution >= 4 is 0 Å². The van der Waals surface area contributed by atoms with Crippen molar-refractivity contribution in [3.8, 4) is 0 Å². The Labute approximate surface area is 107 Å². The molecule has 1 aliphatic heterocycles. The molecule has 0 spiro atoms. The third kappa shape index (κ3) is 3.69. The molecule has 4 atom stereocenters. The molecule has 0 bridgehead atoms. The number of nitrogens with zero attached hydrogens (tertiary/aromatic N) is 1. The highest BCUT2D eigenvalue weighted by Crippen LogP contribution is 2.35. The van der Waals surface area contributed by atoms with Crippen molar-refractivity contribution in [2.24, 2.45) is 11.8 Å². The van der Waals surface area contributed by atoms with E-state index in [-0.39, 0.29) is 0 Å². The normalized spacial score (nSPS) is 35.8. The molecule has 0 aromatic heterocycles. The molecule has 2 heteroatoms. The predicted octanol–water partition coefficient (Wildman–Crippen LogP) is 2.89. The number of nitrogens with one attached hydrogen (secondary N) is 1. The van der Waals surface area contributed by atoms with Gasteiger partial charge in [-0.2, -0.15) is 0 Å². The molecular formula is C15H30N2. The quantitative estimate of drug-likeness (QED) is 0.765. The van der Waals surface area contributed by atoms with Gasteiger partial charge in [-0.25, -0.2) is 0 Å². The molecule has 17 heavy (non-hydrogen) atoms. The molecule has 2 fully saturated rings. The highest BCUT2D eigenvalue weighted by molar-refractivity contribution is 4.95. The van der Waals surface area contributed by atoms with Crippen LogP contribution in [0.5, 0.6) is 0 Å². The minimum Gasteiger partial charge on any atom is -0.311 e. The number of piperidine rings is 1. The highest BCUT2D eigenvalue weighted by Gasteiger charge is 2.38. The van der Waals surface area contributed by atoms with Gasteiger partial charge in [0.05, 0.1) is 0 Å². The molecule has 0 aromatic rings. The van der Waals surface area contributed by atoms with E-state index in [9.17, 15) is 0 Å². The maximum absolute atomic E-state index is 3.88. The zero-order valence-corrected chi connectivity index (χ0v) is 11.9. The third-order valence-electron chi connectivity index (χ3n) is 4.76. The summed E-state index contributed by atoms with van der Waals surface area (Å²) in [5.74, 6) is 1.87. The van der Waals surface area contributed by atoms with Gasteiger partial charge < -0.3 is 10.2 Å². The second kappa shape index (κ2) is 6.19. The maximum Gasteiger partial charge on any atom is 0.0102 e. The summed E-state index contributed by atoms with van der Waals surface area (Å²) in [7, 11) is 0. The van der Waals surface area contributed by atoms with Gasteiger partial charge >= 0.3 is 0 Å². The van der Waals surface area contributed by atoms with Crippen molar-refractivity contribution < 1.29 is 0 Å². The van der Waals surface area contributed by atoms with Crippen LogP contribution in [0.1, 0.15) is 52.9 Å². The van der Waals surface area contributed by atoms with Crippen LogP contribution in [0.3, 0.4) is 0 Å². The van der Waals surface area contributed by atoms with Crippen LogP contribution < -0.4 is 5.32 Å². The Bertz CT molecular complexity index is 229. The Kier molecular flexibility index (Phi) is 4.87. The fraction of sp³-hybridized carbons (Fsp3) is 1.00. The van der Waals surface area contributed by atoms with E-state index in [0.29, 0.717) is 0 Å². The van der Waals surface area contributed by atoms with Gasteiger partial charge in [0.15, 0.2) is 0 Å². The molecule has 2 aliphatic rings. The number of likely N-dealkylation sites (tertiary alicyclic amines) is 1. The lowest BCUT2D eigenvalue weighted by Crippen LogP contribution is -2.45. The largest absolute Gasteiger partial charge is 0.311 e. The zero-order chi connectivity index (χ0) is 12.3. The monoisotopic (exact) mass is 238 g/mol. The van der Waals surface area contributed by atoms with Crippen LogP contribution in [0.15, 0.2) is 0 Å². The minimum atomic E-state index is 0.719. The van der Waals surface area contributed by atoms with Gasteiger partial charge in [0.2, 0.25) is 0 Å². The lowest BCUT2D eigenvalue weighted by molar-refractivity contribution is 0.156. The molecule has 1 aliphatic carbocycles. The molecule has 2 rings (SSSR count). The summed E-state index contributed by atoms with van der Waals surface area (Å²) < 4.78 is 0. The molecule has 1 saturated heterocycles. The van der Waals surface area contributed by atoms with Crippen molar-refractivity contribution in [2.45, 2.75) is 65.0 Å². The molecule has 1 N–H and O–H groups in total. The Morgan fingerprint density at radius 3 is 2.88 bits per heavy atom. The SMILES string of the molecule is CCCC1CC1NC(C)C1CCCN(CC)C1. The highest BCUT2D eigenvalue weighted by atomic mass is 15.1. The summed E-state index contributed by atoms with van der Waals surface area (Å²) >= 11 is 0. The van der Waals surface area contributed by atoms with Crippen molar-refractivity contribution in [3.63, 3.8) is 0 Å². The Morgan fingerprint density at radius 2 is 2.18 bits per heavy atom. The third-order valence-corrected chi connectivity index (χ3v) is 4.76. The Balaban J connectivity index is 1.70. The van der Waals surface area contributed by atoms with Crippen LogP contribution in [-0.2, 0) is 0 Å². The van der Waals surface area contributed by atoms with Crippen LogP contribution in [0.25, 0.3) is 0 Å². The van der Waals surface area contributed by atoms with Crippen LogP contribution in [-0.4, -0.2) is 36.6 Å². The topological polar surface area (TPSA) is 15.3 Å². The van der Waals surface area contributed by atoms with Gasteiger partial charge in [-0.05, 0) is 57.5 Å². The van der Waals surface area contributed by atoms with E-state index >= 15 is 0 Å². The van der Waals surface area contributed by atoms with Gasteiger partial charge in [-0.3, -0.25) is 0 Å². The lowest BCUT2D eigenvalue weighted by atomic mass is 9.91. The summed E-state index contributed by atoms with van der Waals surface area (Å²) in [6.45, 7) is 10.9. The number of hydrogen-bond donors (Lipinski definition) is 1. The van der Waals surface area contributed by atoms with Crippen molar-refractivity contribution in [1.29, 1.82) is 0 Å². The molecular weight excluding hydrogens is 208 g/mol. The van der Waals surface area contributed by atoms with E-state index in [4.69, 9.17) is 0 Å². The molecule has 100 valence electrons. The maximum atomic E-state index is 3.88. The molecule has 1 saturated carbocycles. The summed E-state index contributed by atoms with van der Waals surface area (Å²) in [4.78, 5) is 2.61. The van der Waals surface area contributed by atoms with Gasteiger partial charge in [-0.15, -0.1) is 0 Å². The van der Waals surface area contributed by atoms with Gasteiger partial charge in [0, 0.05) is 18.6 Å². The molecule has 0 aromatic carbocycles. The fourth-order valence-corrected chi connectivity index (χ4v) is 3.40. The van der Waals surface area contributed by atoms with E-state index in [2.05, 4.69) is 31.0 Å². The van der Waals surface area contributed by atoms with Gasteiger partial charge in [0.25, 0.3) is 0 Å². The van der Waals surface area contributed by atoms with Crippen molar-refractivity contribution in [2.75, 3.05) is 19.6 Å².